The molecule has 2 N–H and O–H groups in total. The zero-order valence-electron chi connectivity index (χ0n) is 19.5. The first kappa shape index (κ1) is 21.8. The Hall–Kier alpha value is -0.730. The SMILES string of the molecule is CC1([C@@H]2CC[C@@H]3[C@@H]4CC[C@@H]5CC6(CC[C@]5(C)[C@@H]4[C@@H](O)C[C@]32/C=N\O)OCCO6)OCCO1. The first-order valence-corrected chi connectivity index (χ1v) is 12.8. The first-order valence-electron chi connectivity index (χ1n) is 12.8. The third-order valence-electron chi connectivity index (χ3n) is 10.8. The maximum Gasteiger partial charge on any atom is 0.169 e. The number of aliphatic hydroxyl groups excluding tert-OH is 1. The first-order chi connectivity index (χ1) is 15.4. The molecule has 2 saturated heterocycles. The minimum absolute atomic E-state index is 0.0910. The molecule has 7 nitrogen and oxygen atoms in total. The lowest BCUT2D eigenvalue weighted by molar-refractivity contribution is -0.247. The van der Waals surface area contributed by atoms with Gasteiger partial charge in [-0.3, -0.25) is 0 Å². The molecule has 1 spiro atoms. The van der Waals surface area contributed by atoms with Crippen molar-refractivity contribution in [3.05, 3.63) is 0 Å². The number of rotatable bonds is 2. The fourth-order valence-corrected chi connectivity index (χ4v) is 9.61. The second-order valence-corrected chi connectivity index (χ2v) is 11.9. The van der Waals surface area contributed by atoms with E-state index < -0.39 is 11.9 Å². The van der Waals surface area contributed by atoms with Crippen LogP contribution in [0.2, 0.25) is 0 Å². The van der Waals surface area contributed by atoms with Crippen molar-refractivity contribution in [2.24, 2.45) is 45.6 Å². The van der Waals surface area contributed by atoms with E-state index in [2.05, 4.69) is 12.1 Å². The molecule has 8 atom stereocenters. The summed E-state index contributed by atoms with van der Waals surface area (Å²) >= 11 is 0. The molecule has 4 aliphatic carbocycles. The van der Waals surface area contributed by atoms with Gasteiger partial charge in [0.15, 0.2) is 11.6 Å². The minimum Gasteiger partial charge on any atom is -0.411 e. The standard InChI is InChI=1S/C25H39NO6/c1-22-7-8-25(31-11-12-32-25)13-16(22)3-4-17-18-5-6-20(23(2)29-9-10-30-23)24(18,15-26-28)14-19(27)21(17)22/h15-21,27-28H,3-14H2,1-2H3/b26-15-/t16-,17+,18-,19+,20+,21+,22+,24+/m1/s1. The second-order valence-electron chi connectivity index (χ2n) is 11.9. The van der Waals surface area contributed by atoms with Crippen molar-refractivity contribution in [1.29, 1.82) is 0 Å². The van der Waals surface area contributed by atoms with Gasteiger partial charge in [-0.25, -0.2) is 0 Å². The summed E-state index contributed by atoms with van der Waals surface area (Å²) in [5.41, 5.74) is -0.293. The molecule has 0 radical (unpaired) electrons. The Morgan fingerprint density at radius 2 is 1.59 bits per heavy atom. The van der Waals surface area contributed by atoms with Crippen LogP contribution in [0.25, 0.3) is 0 Å². The number of hydrogen-bond acceptors (Lipinski definition) is 7. The summed E-state index contributed by atoms with van der Waals surface area (Å²) in [6, 6.07) is 0. The van der Waals surface area contributed by atoms with E-state index in [0.717, 1.165) is 44.9 Å². The third kappa shape index (κ3) is 2.87. The van der Waals surface area contributed by atoms with Gasteiger partial charge in [0.05, 0.1) is 38.7 Å². The van der Waals surface area contributed by atoms with Crippen LogP contribution in [0.5, 0.6) is 0 Å². The quantitative estimate of drug-likeness (QED) is 0.381. The van der Waals surface area contributed by atoms with Crippen molar-refractivity contribution >= 4 is 6.21 Å². The summed E-state index contributed by atoms with van der Waals surface area (Å²) in [6.45, 7) is 7.07. The van der Waals surface area contributed by atoms with Gasteiger partial charge < -0.3 is 29.3 Å². The number of fused-ring (bicyclic) bond motifs is 5. The van der Waals surface area contributed by atoms with Crippen LogP contribution in [-0.2, 0) is 18.9 Å². The molecule has 4 saturated carbocycles. The van der Waals surface area contributed by atoms with Crippen molar-refractivity contribution in [1.82, 2.24) is 0 Å². The van der Waals surface area contributed by atoms with Gasteiger partial charge >= 0.3 is 0 Å². The molecule has 0 aromatic carbocycles. The van der Waals surface area contributed by atoms with Gasteiger partial charge in [-0.2, -0.15) is 0 Å². The Balaban J connectivity index is 1.33. The molecule has 180 valence electrons. The Labute approximate surface area is 190 Å². The maximum absolute atomic E-state index is 11.8. The normalized spacial score (nSPS) is 51.6. The van der Waals surface area contributed by atoms with E-state index in [4.69, 9.17) is 18.9 Å². The summed E-state index contributed by atoms with van der Waals surface area (Å²) in [5, 5.41) is 25.1. The highest BCUT2D eigenvalue weighted by Gasteiger charge is 2.68. The zero-order chi connectivity index (χ0) is 22.2. The molecule has 6 rings (SSSR count). The lowest BCUT2D eigenvalue weighted by Crippen LogP contribution is -2.62. The lowest BCUT2D eigenvalue weighted by atomic mass is 9.43. The number of ether oxygens (including phenoxy) is 4. The molecule has 0 bridgehead atoms. The molecule has 0 aromatic rings. The van der Waals surface area contributed by atoms with Crippen molar-refractivity contribution in [2.75, 3.05) is 26.4 Å². The monoisotopic (exact) mass is 449 g/mol. The van der Waals surface area contributed by atoms with E-state index >= 15 is 0 Å². The van der Waals surface area contributed by atoms with Gasteiger partial charge in [0, 0.05) is 24.2 Å². The molecule has 0 amide bonds. The van der Waals surface area contributed by atoms with E-state index in [9.17, 15) is 10.3 Å². The van der Waals surface area contributed by atoms with Crippen molar-refractivity contribution in [3.63, 3.8) is 0 Å². The van der Waals surface area contributed by atoms with Crippen molar-refractivity contribution in [2.45, 2.75) is 82.9 Å². The van der Waals surface area contributed by atoms with Crippen LogP contribution in [0, 0.1) is 40.4 Å². The Bertz CT molecular complexity index is 762. The Morgan fingerprint density at radius 3 is 2.31 bits per heavy atom. The maximum atomic E-state index is 11.8. The van der Waals surface area contributed by atoms with Gasteiger partial charge in [0.2, 0.25) is 0 Å². The zero-order valence-corrected chi connectivity index (χ0v) is 19.5. The molecule has 7 heteroatoms. The molecule has 6 fully saturated rings. The fourth-order valence-electron chi connectivity index (χ4n) is 9.61. The highest BCUT2D eigenvalue weighted by molar-refractivity contribution is 5.68. The minimum atomic E-state index is -0.669. The Morgan fingerprint density at radius 1 is 0.875 bits per heavy atom. The van der Waals surface area contributed by atoms with Crippen LogP contribution >= 0.6 is 0 Å². The van der Waals surface area contributed by atoms with E-state index in [1.165, 1.54) is 0 Å². The predicted molar refractivity (Wildman–Crippen MR) is 116 cm³/mol. The molecule has 32 heavy (non-hydrogen) atoms. The van der Waals surface area contributed by atoms with Gasteiger partial charge in [-0.1, -0.05) is 6.92 Å². The number of hydrogen-bond donors (Lipinski definition) is 2. The highest BCUT2D eigenvalue weighted by Crippen LogP contribution is 2.69. The van der Waals surface area contributed by atoms with Gasteiger partial charge in [-0.05, 0) is 74.5 Å². The molecule has 0 aromatic heterocycles. The van der Waals surface area contributed by atoms with E-state index in [0.29, 0.717) is 50.6 Å². The predicted octanol–water partition coefficient (Wildman–Crippen LogP) is 3.56. The van der Waals surface area contributed by atoms with Gasteiger partial charge in [0.1, 0.15) is 0 Å². The average Bonchev–Trinajstić information content (AvgIpc) is 3.48. The topological polar surface area (TPSA) is 89.7 Å². The summed E-state index contributed by atoms with van der Waals surface area (Å²) in [7, 11) is 0. The van der Waals surface area contributed by atoms with Gasteiger partial charge in [0.25, 0.3) is 0 Å². The summed E-state index contributed by atoms with van der Waals surface area (Å²) < 4.78 is 24.4. The number of nitrogens with zero attached hydrogens (tertiary/aromatic N) is 1. The molecule has 0 unspecified atom stereocenters. The molecule has 2 aliphatic heterocycles. The fraction of sp³-hybridized carbons (Fsp3) is 0.960. The van der Waals surface area contributed by atoms with Crippen molar-refractivity contribution < 1.29 is 29.3 Å². The van der Waals surface area contributed by atoms with Crippen LogP contribution in [0.15, 0.2) is 5.16 Å². The van der Waals surface area contributed by atoms with Gasteiger partial charge in [-0.15, -0.1) is 5.16 Å². The molecule has 6 aliphatic rings. The highest BCUT2D eigenvalue weighted by atomic mass is 16.7. The largest absolute Gasteiger partial charge is 0.411 e. The van der Waals surface area contributed by atoms with Crippen LogP contribution in [0.3, 0.4) is 0 Å². The lowest BCUT2D eigenvalue weighted by Gasteiger charge is -2.63. The van der Waals surface area contributed by atoms with E-state index in [-0.39, 0.29) is 28.5 Å². The van der Waals surface area contributed by atoms with E-state index in [1.54, 1.807) is 6.21 Å². The second kappa shape index (κ2) is 7.38. The summed E-state index contributed by atoms with van der Waals surface area (Å²) in [6.07, 6.45) is 9.17. The van der Waals surface area contributed by atoms with Crippen molar-refractivity contribution in [3.8, 4) is 0 Å². The van der Waals surface area contributed by atoms with Crippen LogP contribution in [-0.4, -0.2) is 60.6 Å². The molecule has 2 heterocycles. The smallest absolute Gasteiger partial charge is 0.169 e. The summed E-state index contributed by atoms with van der Waals surface area (Å²) in [5.74, 6) is 0.630. The van der Waals surface area contributed by atoms with Crippen LogP contribution in [0.1, 0.15) is 65.2 Å². The molecular weight excluding hydrogens is 410 g/mol. The third-order valence-corrected chi connectivity index (χ3v) is 10.8. The summed E-state index contributed by atoms with van der Waals surface area (Å²) in [4.78, 5) is 0. The van der Waals surface area contributed by atoms with E-state index in [1.807, 2.05) is 6.92 Å². The van der Waals surface area contributed by atoms with Crippen LogP contribution in [0.4, 0.5) is 0 Å². The van der Waals surface area contributed by atoms with Crippen LogP contribution < -0.4 is 0 Å². The average molecular weight is 450 g/mol. The molecular formula is C25H39NO6. The number of aliphatic hydroxyl groups is 1. The Kier molecular flexibility index (Phi) is 5.02. The number of oxime groups is 1.